The average molecular weight is 201 g/mol. The first-order valence-electron chi connectivity index (χ1n) is 3.59. The Morgan fingerprint density at radius 2 is 2.00 bits per heavy atom. The summed E-state index contributed by atoms with van der Waals surface area (Å²) in [7, 11) is 0. The lowest BCUT2D eigenvalue weighted by Gasteiger charge is -2.08. The standard InChI is InChI=1S/C8H9ClN2O2/c9-6-3-1-5(2-4-6)7(12)8(13)11-10/h1-4,7,12H,10H2,(H,11,13)/t7-/m0/s1. The van der Waals surface area contributed by atoms with Crippen LogP contribution in [0.2, 0.25) is 5.02 Å². The van der Waals surface area contributed by atoms with Crippen LogP contribution in [0.25, 0.3) is 0 Å². The molecule has 1 atom stereocenters. The molecule has 1 aromatic rings. The van der Waals surface area contributed by atoms with Crippen LogP contribution >= 0.6 is 11.6 Å². The molecule has 4 nitrogen and oxygen atoms in total. The number of rotatable bonds is 2. The summed E-state index contributed by atoms with van der Waals surface area (Å²) in [4.78, 5) is 10.9. The number of aliphatic hydroxyl groups excluding tert-OH is 1. The summed E-state index contributed by atoms with van der Waals surface area (Å²) in [6.07, 6.45) is -1.25. The Morgan fingerprint density at radius 3 is 2.46 bits per heavy atom. The minimum Gasteiger partial charge on any atom is -0.378 e. The summed E-state index contributed by atoms with van der Waals surface area (Å²) >= 11 is 5.62. The van der Waals surface area contributed by atoms with Gasteiger partial charge in [0.15, 0.2) is 6.10 Å². The quantitative estimate of drug-likeness (QED) is 0.367. The van der Waals surface area contributed by atoms with Crippen molar-refractivity contribution in [2.75, 3.05) is 0 Å². The summed E-state index contributed by atoms with van der Waals surface area (Å²) < 4.78 is 0. The maximum Gasteiger partial charge on any atom is 0.267 e. The van der Waals surface area contributed by atoms with Gasteiger partial charge >= 0.3 is 0 Å². The maximum atomic E-state index is 10.9. The Bertz CT molecular complexity index is 300. The largest absolute Gasteiger partial charge is 0.378 e. The second-order valence-corrected chi connectivity index (χ2v) is 2.90. The molecule has 1 amide bonds. The first-order chi connectivity index (χ1) is 6.15. The molecule has 0 bridgehead atoms. The molecular formula is C8H9ClN2O2. The summed E-state index contributed by atoms with van der Waals surface area (Å²) in [5, 5.41) is 9.89. The minimum absolute atomic E-state index is 0.451. The molecule has 0 radical (unpaired) electrons. The van der Waals surface area contributed by atoms with Crippen molar-refractivity contribution in [1.82, 2.24) is 5.43 Å². The van der Waals surface area contributed by atoms with Gasteiger partial charge < -0.3 is 5.11 Å². The SMILES string of the molecule is NNC(=O)[C@@H](O)c1ccc(Cl)cc1. The van der Waals surface area contributed by atoms with E-state index in [0.29, 0.717) is 10.6 Å². The second kappa shape index (κ2) is 4.23. The molecular weight excluding hydrogens is 192 g/mol. The van der Waals surface area contributed by atoms with Gasteiger partial charge in [0, 0.05) is 5.02 Å². The van der Waals surface area contributed by atoms with Crippen LogP contribution in [-0.2, 0) is 4.79 Å². The fraction of sp³-hybridized carbons (Fsp3) is 0.125. The predicted octanol–water partition coefficient (Wildman–Crippen LogP) is 0.363. The molecule has 1 aromatic carbocycles. The van der Waals surface area contributed by atoms with E-state index in [1.165, 1.54) is 0 Å². The number of nitrogens with one attached hydrogen (secondary N) is 1. The van der Waals surface area contributed by atoms with Crippen LogP contribution in [0.15, 0.2) is 24.3 Å². The number of hydrazine groups is 1. The van der Waals surface area contributed by atoms with E-state index in [2.05, 4.69) is 0 Å². The van der Waals surface area contributed by atoms with Gasteiger partial charge in [-0.15, -0.1) is 0 Å². The summed E-state index contributed by atoms with van der Waals surface area (Å²) in [6.45, 7) is 0. The lowest BCUT2D eigenvalue weighted by molar-refractivity contribution is -0.129. The molecule has 0 aliphatic heterocycles. The van der Waals surface area contributed by atoms with Gasteiger partial charge in [0.1, 0.15) is 0 Å². The molecule has 0 unspecified atom stereocenters. The van der Waals surface area contributed by atoms with E-state index in [-0.39, 0.29) is 0 Å². The zero-order valence-electron chi connectivity index (χ0n) is 6.70. The number of hydrogen-bond donors (Lipinski definition) is 3. The third-order valence-corrected chi connectivity index (χ3v) is 1.83. The predicted molar refractivity (Wildman–Crippen MR) is 48.7 cm³/mol. The highest BCUT2D eigenvalue weighted by Crippen LogP contribution is 2.15. The van der Waals surface area contributed by atoms with Crippen LogP contribution in [0.5, 0.6) is 0 Å². The third-order valence-electron chi connectivity index (χ3n) is 1.58. The normalized spacial score (nSPS) is 12.2. The number of carbonyl (C=O) groups is 1. The van der Waals surface area contributed by atoms with Crippen molar-refractivity contribution in [3.8, 4) is 0 Å². The van der Waals surface area contributed by atoms with Crippen molar-refractivity contribution in [2.24, 2.45) is 5.84 Å². The number of benzene rings is 1. The first-order valence-corrected chi connectivity index (χ1v) is 3.97. The average Bonchev–Trinajstić information content (AvgIpc) is 2.17. The number of nitrogens with two attached hydrogens (primary N) is 1. The summed E-state index contributed by atoms with van der Waals surface area (Å²) in [5.74, 6) is 4.20. The molecule has 0 aliphatic rings. The zero-order chi connectivity index (χ0) is 9.84. The Labute approximate surface area is 80.3 Å². The number of aliphatic hydroxyl groups is 1. The molecule has 0 aromatic heterocycles. The van der Waals surface area contributed by atoms with E-state index in [9.17, 15) is 9.90 Å². The van der Waals surface area contributed by atoms with Crippen LogP contribution in [0.1, 0.15) is 11.7 Å². The van der Waals surface area contributed by atoms with Crippen molar-refractivity contribution in [1.29, 1.82) is 0 Å². The Kier molecular flexibility index (Phi) is 3.25. The van der Waals surface area contributed by atoms with Gasteiger partial charge in [0.05, 0.1) is 0 Å². The smallest absolute Gasteiger partial charge is 0.267 e. The molecule has 0 heterocycles. The number of hydrogen-bond acceptors (Lipinski definition) is 3. The van der Waals surface area contributed by atoms with Crippen LogP contribution in [-0.4, -0.2) is 11.0 Å². The first kappa shape index (κ1) is 9.98. The van der Waals surface area contributed by atoms with Gasteiger partial charge in [0.25, 0.3) is 5.91 Å². The highest BCUT2D eigenvalue weighted by molar-refractivity contribution is 6.30. The van der Waals surface area contributed by atoms with Gasteiger partial charge in [0.2, 0.25) is 0 Å². The van der Waals surface area contributed by atoms with Gasteiger partial charge in [-0.1, -0.05) is 23.7 Å². The molecule has 0 saturated heterocycles. The molecule has 0 saturated carbocycles. The van der Waals surface area contributed by atoms with Crippen LogP contribution < -0.4 is 11.3 Å². The lowest BCUT2D eigenvalue weighted by atomic mass is 10.1. The lowest BCUT2D eigenvalue weighted by Crippen LogP contribution is -2.34. The number of halogens is 1. The van der Waals surface area contributed by atoms with E-state index in [0.717, 1.165) is 0 Å². The number of carbonyl (C=O) groups excluding carboxylic acids is 1. The van der Waals surface area contributed by atoms with Crippen LogP contribution in [0.3, 0.4) is 0 Å². The van der Waals surface area contributed by atoms with Crippen LogP contribution in [0, 0.1) is 0 Å². The van der Waals surface area contributed by atoms with E-state index < -0.39 is 12.0 Å². The molecule has 70 valence electrons. The van der Waals surface area contributed by atoms with Crippen LogP contribution in [0.4, 0.5) is 0 Å². The van der Waals surface area contributed by atoms with Gasteiger partial charge in [-0.25, -0.2) is 5.84 Å². The Morgan fingerprint density at radius 1 is 1.46 bits per heavy atom. The Balaban J connectivity index is 2.83. The molecule has 13 heavy (non-hydrogen) atoms. The van der Waals surface area contributed by atoms with Gasteiger partial charge in [-0.05, 0) is 17.7 Å². The van der Waals surface area contributed by atoms with E-state index in [1.807, 2.05) is 5.43 Å². The summed E-state index contributed by atoms with van der Waals surface area (Å²) in [6, 6.07) is 6.29. The topological polar surface area (TPSA) is 75.3 Å². The monoisotopic (exact) mass is 200 g/mol. The van der Waals surface area contributed by atoms with Gasteiger partial charge in [-0.2, -0.15) is 0 Å². The van der Waals surface area contributed by atoms with Crippen molar-refractivity contribution >= 4 is 17.5 Å². The van der Waals surface area contributed by atoms with Gasteiger partial charge in [-0.3, -0.25) is 10.2 Å². The third kappa shape index (κ3) is 2.42. The second-order valence-electron chi connectivity index (χ2n) is 2.46. The van der Waals surface area contributed by atoms with Crippen molar-refractivity contribution < 1.29 is 9.90 Å². The molecule has 0 aliphatic carbocycles. The van der Waals surface area contributed by atoms with Crippen molar-refractivity contribution in [2.45, 2.75) is 6.10 Å². The minimum atomic E-state index is -1.25. The summed E-state index contributed by atoms with van der Waals surface area (Å²) in [5.41, 5.74) is 2.31. The van der Waals surface area contributed by atoms with E-state index in [4.69, 9.17) is 17.4 Å². The maximum absolute atomic E-state index is 10.9. The van der Waals surface area contributed by atoms with Crippen molar-refractivity contribution in [3.05, 3.63) is 34.9 Å². The molecule has 4 N–H and O–H groups in total. The highest BCUT2D eigenvalue weighted by atomic mass is 35.5. The fourth-order valence-electron chi connectivity index (χ4n) is 0.875. The Hall–Kier alpha value is -1.10. The molecule has 5 heteroatoms. The molecule has 1 rings (SSSR count). The van der Waals surface area contributed by atoms with E-state index >= 15 is 0 Å². The highest BCUT2D eigenvalue weighted by Gasteiger charge is 2.15. The molecule has 0 spiro atoms. The number of amides is 1. The fourth-order valence-corrected chi connectivity index (χ4v) is 1.00. The van der Waals surface area contributed by atoms with E-state index in [1.54, 1.807) is 24.3 Å². The zero-order valence-corrected chi connectivity index (χ0v) is 7.45. The van der Waals surface area contributed by atoms with Crippen molar-refractivity contribution in [3.63, 3.8) is 0 Å². The molecule has 0 fully saturated rings.